The summed E-state index contributed by atoms with van der Waals surface area (Å²) in [6, 6.07) is 8.32. The van der Waals surface area contributed by atoms with Crippen molar-refractivity contribution in [2.45, 2.75) is 76.7 Å². The Kier molecular flexibility index (Phi) is 7.39. The van der Waals surface area contributed by atoms with Crippen molar-refractivity contribution < 1.29 is 18.0 Å². The summed E-state index contributed by atoms with van der Waals surface area (Å²) < 4.78 is 36.1. The number of halogens is 2. The van der Waals surface area contributed by atoms with Gasteiger partial charge in [-0.2, -0.15) is 0 Å². The molecule has 0 saturated carbocycles. The molecule has 0 aliphatic carbocycles. The Bertz CT molecular complexity index is 652. The second-order valence-corrected chi connectivity index (χ2v) is 13.9. The molecule has 158 valence electrons. The number of nitrogens with zero attached hydrogens (tertiary/aromatic N) is 1. The number of nitrogens with one attached hydrogen (secondary N) is 1. The van der Waals surface area contributed by atoms with E-state index >= 15 is 4.39 Å². The lowest BCUT2D eigenvalue weighted by molar-refractivity contribution is -0.119. The van der Waals surface area contributed by atoms with E-state index in [0.717, 1.165) is 5.56 Å². The number of amides is 1. The summed E-state index contributed by atoms with van der Waals surface area (Å²) in [6.45, 7) is 11.6. The van der Waals surface area contributed by atoms with Gasteiger partial charge >= 0.3 is 0 Å². The van der Waals surface area contributed by atoms with Crippen LogP contribution in [0.25, 0.3) is 0 Å². The van der Waals surface area contributed by atoms with Gasteiger partial charge in [0.1, 0.15) is 12.8 Å². The highest BCUT2D eigenvalue weighted by Crippen LogP contribution is 2.41. The molecule has 1 N–H and O–H groups in total. The molecule has 1 aliphatic heterocycles. The first-order chi connectivity index (χ1) is 13.0. The molecular weight excluding hydrogens is 378 g/mol. The molecule has 1 aromatic rings. The second kappa shape index (κ2) is 9.01. The maximum absolute atomic E-state index is 15.5. The molecule has 1 unspecified atom stereocenters. The van der Waals surface area contributed by atoms with E-state index in [9.17, 15) is 9.18 Å². The number of benzene rings is 1. The third-order valence-electron chi connectivity index (χ3n) is 6.08. The van der Waals surface area contributed by atoms with Crippen molar-refractivity contribution in [2.24, 2.45) is 0 Å². The Morgan fingerprint density at radius 3 is 2.32 bits per heavy atom. The van der Waals surface area contributed by atoms with E-state index in [4.69, 9.17) is 4.43 Å². The van der Waals surface area contributed by atoms with Crippen LogP contribution < -0.4 is 5.32 Å². The van der Waals surface area contributed by atoms with Gasteiger partial charge < -0.3 is 9.74 Å². The fourth-order valence-corrected chi connectivity index (χ4v) is 4.71. The fraction of sp³-hybridized carbons (Fsp3) is 0.667. The smallest absolute Gasteiger partial charge is 0.216 e. The molecule has 28 heavy (non-hydrogen) atoms. The van der Waals surface area contributed by atoms with Crippen molar-refractivity contribution in [1.82, 2.24) is 10.2 Å². The van der Waals surface area contributed by atoms with Gasteiger partial charge in [-0.15, -0.1) is 0 Å². The Hall–Kier alpha value is -1.31. The third-order valence-corrected chi connectivity index (χ3v) is 10.5. The Labute approximate surface area is 168 Å². The van der Waals surface area contributed by atoms with Crippen LogP contribution in [-0.2, 0) is 15.8 Å². The van der Waals surface area contributed by atoms with Crippen LogP contribution in [0.4, 0.5) is 8.78 Å². The normalized spacial score (nSPS) is 26.4. The summed E-state index contributed by atoms with van der Waals surface area (Å²) in [5.74, 6) is -0.225. The highest BCUT2D eigenvalue weighted by atomic mass is 28.4. The molecular formula is C21H34F2N2O2Si. The van der Waals surface area contributed by atoms with Gasteiger partial charge in [-0.25, -0.2) is 8.78 Å². The number of alkyl halides is 2. The van der Waals surface area contributed by atoms with E-state index in [1.807, 2.05) is 35.2 Å². The summed E-state index contributed by atoms with van der Waals surface area (Å²) in [4.78, 5) is 13.2. The van der Waals surface area contributed by atoms with Gasteiger partial charge in [0.25, 0.3) is 0 Å². The third kappa shape index (κ3) is 5.18. The Morgan fingerprint density at radius 2 is 1.82 bits per heavy atom. The lowest BCUT2D eigenvalue weighted by Crippen LogP contribution is -2.49. The van der Waals surface area contributed by atoms with Gasteiger partial charge in [-0.1, -0.05) is 51.1 Å². The number of hydrogen-bond donors (Lipinski definition) is 1. The minimum absolute atomic E-state index is 0.104. The van der Waals surface area contributed by atoms with Gasteiger partial charge in [0, 0.05) is 20.0 Å². The number of carbonyl (C=O) groups is 1. The van der Waals surface area contributed by atoms with Crippen LogP contribution in [0.2, 0.25) is 18.1 Å². The first-order valence-electron chi connectivity index (χ1n) is 9.90. The van der Waals surface area contributed by atoms with Crippen LogP contribution in [0.5, 0.6) is 0 Å². The monoisotopic (exact) mass is 412 g/mol. The number of likely N-dealkylation sites (tertiary alicyclic amines) is 1. The molecule has 7 heteroatoms. The summed E-state index contributed by atoms with van der Waals surface area (Å²) in [5, 5.41) is 2.60. The maximum atomic E-state index is 15.5. The quantitative estimate of drug-likeness (QED) is 0.687. The van der Waals surface area contributed by atoms with Crippen molar-refractivity contribution in [3.8, 4) is 0 Å². The van der Waals surface area contributed by atoms with Crippen molar-refractivity contribution in [3.63, 3.8) is 0 Å². The lowest BCUT2D eigenvalue weighted by Gasteiger charge is -2.40. The lowest BCUT2D eigenvalue weighted by atomic mass is 10.1. The SMILES string of the molecule is CC(=O)NC[C@@H]1[C@H](F)C(O[Si](C)(C)C(C)(C)C)[C@@H](CF)N1Cc1ccccc1. The molecule has 0 radical (unpaired) electrons. The molecule has 1 fully saturated rings. The minimum Gasteiger partial charge on any atom is -0.409 e. The van der Waals surface area contributed by atoms with Gasteiger partial charge in [-0.3, -0.25) is 9.69 Å². The van der Waals surface area contributed by atoms with Crippen LogP contribution in [0.3, 0.4) is 0 Å². The van der Waals surface area contributed by atoms with E-state index in [1.165, 1.54) is 6.92 Å². The predicted octanol–water partition coefficient (Wildman–Crippen LogP) is 4.07. The fourth-order valence-electron chi connectivity index (χ4n) is 3.39. The summed E-state index contributed by atoms with van der Waals surface area (Å²) in [5.41, 5.74) is 0.981. The molecule has 4 atom stereocenters. The number of carbonyl (C=O) groups excluding carboxylic acids is 1. The van der Waals surface area contributed by atoms with Crippen LogP contribution >= 0.6 is 0 Å². The predicted molar refractivity (Wildman–Crippen MR) is 111 cm³/mol. The molecule has 1 aliphatic rings. The van der Waals surface area contributed by atoms with Crippen molar-refractivity contribution >= 4 is 14.2 Å². The first kappa shape index (κ1) is 23.0. The number of rotatable bonds is 7. The molecule has 1 heterocycles. The minimum atomic E-state index is -2.29. The molecule has 4 nitrogen and oxygen atoms in total. The first-order valence-corrected chi connectivity index (χ1v) is 12.8. The summed E-state index contributed by atoms with van der Waals surface area (Å²) in [6.07, 6.45) is -2.21. The van der Waals surface area contributed by atoms with E-state index < -0.39 is 39.4 Å². The standard InChI is InChI=1S/C21H34F2N2O2Si/c1-15(26)24-13-18-19(23)20(27-28(5,6)21(2,3)4)17(12-22)25(18)14-16-10-8-7-9-11-16/h7-11,17-20H,12-14H2,1-6H3,(H,24,26)/t17-,18-,19+,20?/m1/s1. The maximum Gasteiger partial charge on any atom is 0.216 e. The number of hydrogen-bond acceptors (Lipinski definition) is 3. The second-order valence-electron chi connectivity index (χ2n) is 9.17. The Balaban J connectivity index is 2.31. The van der Waals surface area contributed by atoms with Crippen LogP contribution in [0.15, 0.2) is 30.3 Å². The van der Waals surface area contributed by atoms with Crippen molar-refractivity contribution in [1.29, 1.82) is 0 Å². The van der Waals surface area contributed by atoms with Gasteiger partial charge in [-0.05, 0) is 23.7 Å². The zero-order valence-electron chi connectivity index (χ0n) is 17.8. The topological polar surface area (TPSA) is 41.6 Å². The van der Waals surface area contributed by atoms with E-state index in [-0.39, 0.29) is 17.5 Å². The van der Waals surface area contributed by atoms with Crippen LogP contribution in [-0.4, -0.2) is 56.7 Å². The zero-order chi connectivity index (χ0) is 21.1. The summed E-state index contributed by atoms with van der Waals surface area (Å²) >= 11 is 0. The molecule has 0 spiro atoms. The molecule has 0 aromatic heterocycles. The summed E-state index contributed by atoms with van der Waals surface area (Å²) in [7, 11) is -2.29. The van der Waals surface area contributed by atoms with E-state index in [0.29, 0.717) is 6.54 Å². The Morgan fingerprint density at radius 1 is 1.21 bits per heavy atom. The van der Waals surface area contributed by atoms with Gasteiger partial charge in [0.15, 0.2) is 8.32 Å². The molecule has 0 bridgehead atoms. The molecule has 1 amide bonds. The highest BCUT2D eigenvalue weighted by Gasteiger charge is 2.53. The van der Waals surface area contributed by atoms with E-state index in [1.54, 1.807) is 0 Å². The average molecular weight is 413 g/mol. The van der Waals surface area contributed by atoms with Crippen LogP contribution in [0.1, 0.15) is 33.3 Å². The van der Waals surface area contributed by atoms with Crippen molar-refractivity contribution in [3.05, 3.63) is 35.9 Å². The molecule has 1 aromatic carbocycles. The van der Waals surface area contributed by atoms with Gasteiger partial charge in [0.2, 0.25) is 5.91 Å². The highest BCUT2D eigenvalue weighted by molar-refractivity contribution is 6.74. The molecule has 1 saturated heterocycles. The zero-order valence-corrected chi connectivity index (χ0v) is 18.8. The van der Waals surface area contributed by atoms with E-state index in [2.05, 4.69) is 39.2 Å². The van der Waals surface area contributed by atoms with Crippen molar-refractivity contribution in [2.75, 3.05) is 13.2 Å². The largest absolute Gasteiger partial charge is 0.409 e. The average Bonchev–Trinajstić information content (AvgIpc) is 2.83. The van der Waals surface area contributed by atoms with Crippen LogP contribution in [0, 0.1) is 0 Å². The molecule has 2 rings (SSSR count). The van der Waals surface area contributed by atoms with Gasteiger partial charge in [0.05, 0.1) is 18.2 Å².